The molecule has 1 N–H and O–H groups in total. The molecule has 1 fully saturated rings. The molecule has 1 amide bonds. The summed E-state index contributed by atoms with van der Waals surface area (Å²) >= 11 is 0. The van der Waals surface area contributed by atoms with Gasteiger partial charge in [0.25, 0.3) is 5.91 Å². The molecule has 0 spiro atoms. The van der Waals surface area contributed by atoms with Crippen LogP contribution in [0.25, 0.3) is 22.3 Å². The van der Waals surface area contributed by atoms with E-state index in [1.807, 2.05) is 49.7 Å². The molecule has 3 heterocycles. The molecule has 1 aromatic carbocycles. The smallest absolute Gasteiger partial charge is 0.252 e. The molecule has 1 aliphatic rings. The van der Waals surface area contributed by atoms with Gasteiger partial charge in [0, 0.05) is 30.7 Å². The minimum atomic E-state index is -3.29. The average Bonchev–Trinajstić information content (AvgIpc) is 3.17. The lowest BCUT2D eigenvalue weighted by Crippen LogP contribution is -2.49. The number of carbonyl (C=O) groups is 1. The molecular weight excluding hydrogens is 426 g/mol. The van der Waals surface area contributed by atoms with E-state index in [0.29, 0.717) is 35.3 Å². The van der Waals surface area contributed by atoms with E-state index in [2.05, 4.69) is 10.4 Å². The van der Waals surface area contributed by atoms with Gasteiger partial charge in [-0.25, -0.2) is 22.4 Å². The van der Waals surface area contributed by atoms with Gasteiger partial charge in [-0.15, -0.1) is 0 Å². The Kier molecular flexibility index (Phi) is 6.05. The maximum Gasteiger partial charge on any atom is 0.252 e. The fourth-order valence-corrected chi connectivity index (χ4v) is 4.99. The maximum atomic E-state index is 13.4. The van der Waals surface area contributed by atoms with Crippen molar-refractivity contribution in [1.82, 2.24) is 24.4 Å². The first-order valence-corrected chi connectivity index (χ1v) is 12.7. The fourth-order valence-electron chi connectivity index (χ4n) is 4.08. The summed E-state index contributed by atoms with van der Waals surface area (Å²) in [7, 11) is -3.29. The largest absolute Gasteiger partial charge is 0.348 e. The number of fused-ring (bicyclic) bond motifs is 1. The van der Waals surface area contributed by atoms with E-state index in [-0.39, 0.29) is 24.5 Å². The Morgan fingerprint density at radius 1 is 1.22 bits per heavy atom. The standard InChI is InChI=1S/C23H29N5O3S/c1-15(2)28-22-20(13-24-28)19(12-21(26-22)17-9-7-16(3)8-10-17)23(29)25-18-6-5-11-27(14-18)32(4,30)31/h7-10,12-13,15,18H,5-6,11,14H2,1-4H3,(H,25,29). The quantitative estimate of drug-likeness (QED) is 0.637. The van der Waals surface area contributed by atoms with Crippen molar-refractivity contribution < 1.29 is 13.2 Å². The Labute approximate surface area is 188 Å². The number of hydrogen-bond donors (Lipinski definition) is 1. The number of nitrogens with one attached hydrogen (secondary N) is 1. The number of benzene rings is 1. The SMILES string of the molecule is Cc1ccc(-c2cc(C(=O)NC3CCCN(S(C)(=O)=O)C3)c3cnn(C(C)C)c3n2)cc1. The van der Waals surface area contributed by atoms with E-state index in [1.54, 1.807) is 12.3 Å². The highest BCUT2D eigenvalue weighted by atomic mass is 32.2. The van der Waals surface area contributed by atoms with Crippen molar-refractivity contribution in [3.05, 3.63) is 47.7 Å². The molecule has 1 aliphatic heterocycles. The second-order valence-electron chi connectivity index (χ2n) is 8.77. The topological polar surface area (TPSA) is 97.2 Å². The van der Waals surface area contributed by atoms with Gasteiger partial charge in [-0.05, 0) is 39.7 Å². The molecule has 32 heavy (non-hydrogen) atoms. The van der Waals surface area contributed by atoms with Gasteiger partial charge in [0.2, 0.25) is 10.0 Å². The van der Waals surface area contributed by atoms with E-state index in [9.17, 15) is 13.2 Å². The molecule has 4 rings (SSSR count). The lowest BCUT2D eigenvalue weighted by Gasteiger charge is -2.31. The van der Waals surface area contributed by atoms with Crippen molar-refractivity contribution >= 4 is 27.0 Å². The van der Waals surface area contributed by atoms with Gasteiger partial charge in [0.1, 0.15) is 0 Å². The first kappa shape index (κ1) is 22.4. The summed E-state index contributed by atoms with van der Waals surface area (Å²) in [5.74, 6) is -0.241. The highest BCUT2D eigenvalue weighted by molar-refractivity contribution is 7.88. The summed E-state index contributed by atoms with van der Waals surface area (Å²) in [4.78, 5) is 18.2. The Morgan fingerprint density at radius 3 is 2.59 bits per heavy atom. The van der Waals surface area contributed by atoms with E-state index in [1.165, 1.54) is 10.6 Å². The first-order valence-electron chi connectivity index (χ1n) is 10.8. The number of amides is 1. The maximum absolute atomic E-state index is 13.4. The molecule has 0 bridgehead atoms. The van der Waals surface area contributed by atoms with Gasteiger partial charge in [-0.1, -0.05) is 29.8 Å². The summed E-state index contributed by atoms with van der Waals surface area (Å²) in [5.41, 5.74) is 3.92. The van der Waals surface area contributed by atoms with Crippen LogP contribution in [0, 0.1) is 6.92 Å². The monoisotopic (exact) mass is 455 g/mol. The van der Waals surface area contributed by atoms with Crippen molar-refractivity contribution in [2.24, 2.45) is 0 Å². The minimum Gasteiger partial charge on any atom is -0.348 e. The Bertz CT molecular complexity index is 1250. The predicted molar refractivity (Wildman–Crippen MR) is 125 cm³/mol. The molecule has 1 saturated heterocycles. The second-order valence-corrected chi connectivity index (χ2v) is 10.8. The Morgan fingerprint density at radius 2 is 1.94 bits per heavy atom. The molecule has 0 radical (unpaired) electrons. The minimum absolute atomic E-state index is 0.0887. The molecule has 3 aromatic rings. The Balaban J connectivity index is 1.72. The molecule has 170 valence electrons. The van der Waals surface area contributed by atoms with Crippen molar-refractivity contribution in [3.63, 3.8) is 0 Å². The van der Waals surface area contributed by atoms with E-state index >= 15 is 0 Å². The van der Waals surface area contributed by atoms with Crippen LogP contribution in [0.5, 0.6) is 0 Å². The number of rotatable bonds is 5. The fraction of sp³-hybridized carbons (Fsp3) is 0.435. The number of piperidine rings is 1. The third-order valence-electron chi connectivity index (χ3n) is 5.84. The number of aryl methyl sites for hydroxylation is 1. The van der Waals surface area contributed by atoms with Crippen LogP contribution in [0.1, 0.15) is 48.7 Å². The van der Waals surface area contributed by atoms with Crippen LogP contribution in [0.3, 0.4) is 0 Å². The van der Waals surface area contributed by atoms with Crippen LogP contribution in [-0.4, -0.2) is 58.8 Å². The number of sulfonamides is 1. The van der Waals surface area contributed by atoms with Gasteiger partial charge in [0.05, 0.1) is 29.1 Å². The summed E-state index contributed by atoms with van der Waals surface area (Å²) in [6, 6.07) is 9.67. The van der Waals surface area contributed by atoms with Gasteiger partial charge in [-0.3, -0.25) is 4.79 Å². The van der Waals surface area contributed by atoms with Crippen molar-refractivity contribution in [1.29, 1.82) is 0 Å². The van der Waals surface area contributed by atoms with Crippen molar-refractivity contribution in [2.75, 3.05) is 19.3 Å². The summed E-state index contributed by atoms with van der Waals surface area (Å²) in [6.45, 7) is 6.85. The molecule has 9 heteroatoms. The van der Waals surface area contributed by atoms with Crippen LogP contribution in [0.15, 0.2) is 36.5 Å². The number of nitrogens with zero attached hydrogens (tertiary/aromatic N) is 4. The van der Waals surface area contributed by atoms with Crippen molar-refractivity contribution in [3.8, 4) is 11.3 Å². The Hall–Kier alpha value is -2.78. The van der Waals surface area contributed by atoms with E-state index < -0.39 is 10.0 Å². The van der Waals surface area contributed by atoms with Gasteiger partial charge in [-0.2, -0.15) is 5.10 Å². The van der Waals surface area contributed by atoms with E-state index in [0.717, 1.165) is 17.5 Å². The molecule has 0 aliphatic carbocycles. The van der Waals surface area contributed by atoms with Crippen molar-refractivity contribution in [2.45, 2.75) is 45.7 Å². The van der Waals surface area contributed by atoms with Crippen LogP contribution in [-0.2, 0) is 10.0 Å². The molecular formula is C23H29N5O3S. The summed E-state index contributed by atoms with van der Waals surface area (Å²) in [6.07, 6.45) is 4.34. The second kappa shape index (κ2) is 8.63. The number of pyridine rings is 1. The summed E-state index contributed by atoms with van der Waals surface area (Å²) < 4.78 is 27.1. The molecule has 0 saturated carbocycles. The molecule has 8 nitrogen and oxygen atoms in total. The molecule has 1 unspecified atom stereocenters. The number of carbonyl (C=O) groups excluding carboxylic acids is 1. The number of aromatic nitrogens is 3. The average molecular weight is 456 g/mol. The molecule has 2 aromatic heterocycles. The molecule has 1 atom stereocenters. The van der Waals surface area contributed by atoms with Gasteiger partial charge < -0.3 is 5.32 Å². The highest BCUT2D eigenvalue weighted by Gasteiger charge is 2.28. The number of hydrogen-bond acceptors (Lipinski definition) is 5. The summed E-state index contributed by atoms with van der Waals surface area (Å²) in [5, 5.41) is 8.19. The predicted octanol–water partition coefficient (Wildman–Crippen LogP) is 3.14. The third kappa shape index (κ3) is 4.54. The van der Waals surface area contributed by atoms with Crippen LogP contribution in [0.4, 0.5) is 0 Å². The van der Waals surface area contributed by atoms with Gasteiger partial charge in [0.15, 0.2) is 5.65 Å². The van der Waals surface area contributed by atoms with Crippen LogP contribution >= 0.6 is 0 Å². The van der Waals surface area contributed by atoms with Crippen LogP contribution in [0.2, 0.25) is 0 Å². The lowest BCUT2D eigenvalue weighted by atomic mass is 10.0. The highest BCUT2D eigenvalue weighted by Crippen LogP contribution is 2.27. The van der Waals surface area contributed by atoms with Crippen LogP contribution < -0.4 is 5.32 Å². The van der Waals surface area contributed by atoms with E-state index in [4.69, 9.17) is 4.98 Å². The van der Waals surface area contributed by atoms with Gasteiger partial charge >= 0.3 is 0 Å². The normalized spacial score (nSPS) is 17.7. The zero-order chi connectivity index (χ0) is 23.0. The zero-order valence-electron chi connectivity index (χ0n) is 18.9. The first-order chi connectivity index (χ1) is 15.1. The lowest BCUT2D eigenvalue weighted by molar-refractivity contribution is 0.0923. The zero-order valence-corrected chi connectivity index (χ0v) is 19.7. The third-order valence-corrected chi connectivity index (χ3v) is 7.11.